The van der Waals surface area contributed by atoms with E-state index in [0.29, 0.717) is 6.42 Å². The molecule has 12 heavy (non-hydrogen) atoms. The van der Waals surface area contributed by atoms with Crippen LogP contribution in [0.3, 0.4) is 0 Å². The smallest absolute Gasteiger partial charge is 0.225 e. The van der Waals surface area contributed by atoms with Gasteiger partial charge in [-0.3, -0.25) is 0 Å². The first-order valence-electron chi connectivity index (χ1n) is 4.04. The lowest BCUT2D eigenvalue weighted by Crippen LogP contribution is -2.05. The quantitative estimate of drug-likeness (QED) is 0.455. The molecule has 0 heterocycles. The minimum atomic E-state index is -0.0925. The third-order valence-corrected chi connectivity index (χ3v) is 1.30. The number of allylic oxidation sites excluding steroid dienone is 2. The number of rotatable bonds is 2. The summed E-state index contributed by atoms with van der Waals surface area (Å²) in [7, 11) is 0. The zero-order valence-electron chi connectivity index (χ0n) is 8.14. The van der Waals surface area contributed by atoms with E-state index in [1.165, 1.54) is 0 Å². The molecule has 0 aliphatic carbocycles. The van der Waals surface area contributed by atoms with Gasteiger partial charge in [0.05, 0.1) is 6.57 Å². The molecule has 0 radical (unpaired) electrons. The normalized spacial score (nSPS) is 12.4. The molecule has 0 aromatic heterocycles. The van der Waals surface area contributed by atoms with Crippen molar-refractivity contribution in [3.63, 3.8) is 0 Å². The summed E-state index contributed by atoms with van der Waals surface area (Å²) in [6.45, 7) is 14.5. The van der Waals surface area contributed by atoms with E-state index in [1.54, 1.807) is 13.0 Å². The molecular weight excluding hydrogens is 150 g/mol. The SMILES string of the molecule is [C-]#[N+]/C(=C\C(C)(C)C)C(=O)CC. The highest BCUT2D eigenvalue weighted by atomic mass is 16.1. The van der Waals surface area contributed by atoms with Crippen LogP contribution in [0.5, 0.6) is 0 Å². The topological polar surface area (TPSA) is 21.4 Å². The maximum absolute atomic E-state index is 11.1. The average molecular weight is 165 g/mol. The van der Waals surface area contributed by atoms with Crippen LogP contribution >= 0.6 is 0 Å². The van der Waals surface area contributed by atoms with Crippen LogP contribution in [0.2, 0.25) is 0 Å². The second kappa shape index (κ2) is 4.06. The molecule has 0 aliphatic rings. The zero-order chi connectivity index (χ0) is 9.78. The predicted octanol–water partition coefficient (Wildman–Crippen LogP) is 2.81. The monoisotopic (exact) mass is 165 g/mol. The average Bonchev–Trinajstić information content (AvgIpc) is 1.97. The zero-order valence-corrected chi connectivity index (χ0v) is 8.14. The summed E-state index contributed by atoms with van der Waals surface area (Å²) < 4.78 is 0. The highest BCUT2D eigenvalue weighted by Gasteiger charge is 2.12. The number of hydrogen-bond acceptors (Lipinski definition) is 1. The van der Waals surface area contributed by atoms with Crippen molar-refractivity contribution < 1.29 is 4.79 Å². The molecule has 0 aromatic carbocycles. The molecule has 66 valence electrons. The van der Waals surface area contributed by atoms with Crippen molar-refractivity contribution in [3.05, 3.63) is 23.2 Å². The van der Waals surface area contributed by atoms with Gasteiger partial charge >= 0.3 is 0 Å². The predicted molar refractivity (Wildman–Crippen MR) is 49.4 cm³/mol. The highest BCUT2D eigenvalue weighted by Crippen LogP contribution is 2.19. The van der Waals surface area contributed by atoms with Gasteiger partial charge in [0.2, 0.25) is 5.70 Å². The Balaban J connectivity index is 4.71. The third-order valence-electron chi connectivity index (χ3n) is 1.30. The maximum Gasteiger partial charge on any atom is 0.225 e. The van der Waals surface area contributed by atoms with Gasteiger partial charge in [-0.05, 0) is 11.8 Å². The minimum absolute atomic E-state index is 0.0695. The second-order valence-electron chi connectivity index (χ2n) is 3.78. The van der Waals surface area contributed by atoms with Gasteiger partial charge in [0.1, 0.15) is 0 Å². The van der Waals surface area contributed by atoms with Gasteiger partial charge in [0, 0.05) is 0 Å². The third kappa shape index (κ3) is 3.92. The first-order valence-corrected chi connectivity index (χ1v) is 4.04. The van der Waals surface area contributed by atoms with E-state index in [9.17, 15) is 4.79 Å². The van der Waals surface area contributed by atoms with Crippen LogP contribution in [0.25, 0.3) is 4.85 Å². The van der Waals surface area contributed by atoms with E-state index >= 15 is 0 Å². The summed E-state index contributed by atoms with van der Waals surface area (Å²) in [5.74, 6) is -0.0695. The van der Waals surface area contributed by atoms with Crippen LogP contribution in [-0.4, -0.2) is 5.78 Å². The van der Waals surface area contributed by atoms with Gasteiger partial charge in [-0.2, -0.15) is 0 Å². The summed E-state index contributed by atoms with van der Waals surface area (Å²) in [6.07, 6.45) is 2.14. The molecule has 0 saturated heterocycles. The summed E-state index contributed by atoms with van der Waals surface area (Å²) >= 11 is 0. The highest BCUT2D eigenvalue weighted by molar-refractivity contribution is 5.96. The van der Waals surface area contributed by atoms with Crippen LogP contribution < -0.4 is 0 Å². The van der Waals surface area contributed by atoms with Crippen LogP contribution in [0.4, 0.5) is 0 Å². The molecule has 0 spiro atoms. The number of carbonyl (C=O) groups excluding carboxylic acids is 1. The molecule has 0 unspecified atom stereocenters. The summed E-state index contributed by atoms with van der Waals surface area (Å²) in [5, 5.41) is 0. The Labute approximate surface area is 74.1 Å². The number of hydrogen-bond donors (Lipinski definition) is 0. The van der Waals surface area contributed by atoms with Crippen LogP contribution in [0.15, 0.2) is 11.8 Å². The summed E-state index contributed by atoms with van der Waals surface area (Å²) in [5.41, 5.74) is 0.176. The number of Topliss-reactive ketones (excluding diaryl/α,β-unsaturated/α-hetero) is 1. The molecule has 2 nitrogen and oxygen atoms in total. The van der Waals surface area contributed by atoms with Gasteiger partial charge in [-0.25, -0.2) is 4.85 Å². The van der Waals surface area contributed by atoms with E-state index in [1.807, 2.05) is 20.8 Å². The Morgan fingerprint density at radius 3 is 2.25 bits per heavy atom. The van der Waals surface area contributed by atoms with E-state index in [-0.39, 0.29) is 16.9 Å². The number of nitrogens with zero attached hydrogens (tertiary/aromatic N) is 1. The van der Waals surface area contributed by atoms with Crippen molar-refractivity contribution in [2.24, 2.45) is 5.41 Å². The first kappa shape index (κ1) is 10.9. The molecule has 0 fully saturated rings. The Morgan fingerprint density at radius 1 is 1.50 bits per heavy atom. The van der Waals surface area contributed by atoms with E-state index in [4.69, 9.17) is 6.57 Å². The van der Waals surface area contributed by atoms with E-state index < -0.39 is 0 Å². The number of carbonyl (C=O) groups is 1. The Kier molecular flexibility index (Phi) is 3.69. The molecule has 2 heteroatoms. The van der Waals surface area contributed by atoms with Crippen molar-refractivity contribution in [1.29, 1.82) is 0 Å². The molecule has 0 aromatic rings. The molecule has 0 atom stereocenters. The second-order valence-corrected chi connectivity index (χ2v) is 3.78. The Hall–Kier alpha value is -1.10. The fraction of sp³-hybridized carbons (Fsp3) is 0.600. The summed E-state index contributed by atoms with van der Waals surface area (Å²) in [6, 6.07) is 0. The van der Waals surface area contributed by atoms with Crippen molar-refractivity contribution in [2.45, 2.75) is 34.1 Å². The van der Waals surface area contributed by atoms with Crippen molar-refractivity contribution in [2.75, 3.05) is 0 Å². The van der Waals surface area contributed by atoms with E-state index in [2.05, 4.69) is 4.85 Å². The van der Waals surface area contributed by atoms with Crippen molar-refractivity contribution in [3.8, 4) is 0 Å². The van der Waals surface area contributed by atoms with Gasteiger partial charge in [-0.15, -0.1) is 0 Å². The lowest BCUT2D eigenvalue weighted by atomic mass is 9.94. The summed E-state index contributed by atoms with van der Waals surface area (Å²) in [4.78, 5) is 14.3. The lowest BCUT2D eigenvalue weighted by Gasteiger charge is -2.12. The molecule has 0 saturated carbocycles. The maximum atomic E-state index is 11.1. The first-order chi connectivity index (χ1) is 5.40. The number of ketones is 1. The Morgan fingerprint density at radius 2 is 2.00 bits per heavy atom. The van der Waals surface area contributed by atoms with Crippen LogP contribution in [0.1, 0.15) is 34.1 Å². The van der Waals surface area contributed by atoms with Gasteiger partial charge in [-0.1, -0.05) is 33.8 Å². The lowest BCUT2D eigenvalue weighted by molar-refractivity contribution is -0.115. The van der Waals surface area contributed by atoms with E-state index in [0.717, 1.165) is 0 Å². The van der Waals surface area contributed by atoms with Crippen molar-refractivity contribution >= 4 is 5.78 Å². The molecule has 0 aliphatic heterocycles. The fourth-order valence-electron chi connectivity index (χ4n) is 0.766. The fourth-order valence-corrected chi connectivity index (χ4v) is 0.766. The van der Waals surface area contributed by atoms with Crippen LogP contribution in [0, 0.1) is 12.0 Å². The largest absolute Gasteiger partial charge is 0.308 e. The molecular formula is C10H15NO. The standard InChI is InChI=1S/C10H15NO/c1-6-9(12)8(11-5)7-10(2,3)4/h7H,6H2,1-4H3/b8-7-. The van der Waals surface area contributed by atoms with Crippen molar-refractivity contribution in [1.82, 2.24) is 0 Å². The molecule has 0 amide bonds. The van der Waals surface area contributed by atoms with Crippen LogP contribution in [-0.2, 0) is 4.79 Å². The molecule has 0 rings (SSSR count). The molecule has 0 N–H and O–H groups in total. The molecule has 0 bridgehead atoms. The van der Waals surface area contributed by atoms with Gasteiger partial charge in [0.15, 0.2) is 5.78 Å². The Bertz CT molecular complexity index is 238. The van der Waals surface area contributed by atoms with Gasteiger partial charge < -0.3 is 4.79 Å². The minimum Gasteiger partial charge on any atom is -0.308 e. The van der Waals surface area contributed by atoms with Gasteiger partial charge in [0.25, 0.3) is 0 Å².